The third kappa shape index (κ3) is 3.47. The van der Waals surface area contributed by atoms with E-state index in [1.807, 2.05) is 12.1 Å². The molecule has 6 nitrogen and oxygen atoms in total. The minimum Gasteiger partial charge on any atom is -0.370 e. The van der Waals surface area contributed by atoms with Gasteiger partial charge in [0.05, 0.1) is 23.5 Å². The largest absolute Gasteiger partial charge is 0.370 e. The molecule has 0 aliphatic carbocycles. The van der Waals surface area contributed by atoms with Gasteiger partial charge in [-0.25, -0.2) is 0 Å². The van der Waals surface area contributed by atoms with Crippen LogP contribution >= 0.6 is 25.0 Å². The van der Waals surface area contributed by atoms with E-state index in [-0.39, 0.29) is 29.9 Å². The van der Waals surface area contributed by atoms with E-state index in [0.717, 1.165) is 37.4 Å². The van der Waals surface area contributed by atoms with Crippen molar-refractivity contribution in [1.29, 1.82) is 5.26 Å². The zero-order chi connectivity index (χ0) is 17.4. The molecule has 2 aromatic rings. The van der Waals surface area contributed by atoms with Crippen molar-refractivity contribution < 1.29 is 4.74 Å². The number of ether oxygens (including phenoxy) is 1. The zero-order valence-corrected chi connectivity index (χ0v) is 16.2. The minimum atomic E-state index is 0. The summed E-state index contributed by atoms with van der Waals surface area (Å²) in [6, 6.07) is 6.01. The molecule has 1 N–H and O–H groups in total. The second kappa shape index (κ2) is 7.97. The van der Waals surface area contributed by atoms with Crippen molar-refractivity contribution >= 4 is 41.8 Å². The summed E-state index contributed by atoms with van der Waals surface area (Å²) in [4.78, 5) is 11.2. The van der Waals surface area contributed by atoms with Crippen LogP contribution in [0.2, 0.25) is 0 Å². The first kappa shape index (κ1) is 19.2. The molecule has 8 heteroatoms. The summed E-state index contributed by atoms with van der Waals surface area (Å²) in [5.74, 6) is 0.554. The average Bonchev–Trinajstić information content (AvgIpc) is 2.58. The molecule has 0 amide bonds. The van der Waals surface area contributed by atoms with Gasteiger partial charge in [-0.1, -0.05) is 0 Å². The number of anilines is 1. The molecule has 26 heavy (non-hydrogen) atoms. The first-order valence-corrected chi connectivity index (χ1v) is 9.12. The van der Waals surface area contributed by atoms with E-state index < -0.39 is 0 Å². The van der Waals surface area contributed by atoms with Gasteiger partial charge in [0.2, 0.25) is 0 Å². The summed E-state index contributed by atoms with van der Waals surface area (Å²) in [6.45, 7) is 5.67. The maximum atomic E-state index is 9.32. The fourth-order valence-corrected chi connectivity index (χ4v) is 3.99. The molecule has 2 saturated heterocycles. The van der Waals surface area contributed by atoms with Crippen molar-refractivity contribution in [3.63, 3.8) is 0 Å². The molecule has 3 atom stereocenters. The molecule has 0 saturated carbocycles. The normalized spacial score (nSPS) is 24.4. The van der Waals surface area contributed by atoms with E-state index in [1.165, 1.54) is 0 Å². The second-order valence-corrected chi connectivity index (χ2v) is 7.39. The molecule has 1 aromatic heterocycles. The van der Waals surface area contributed by atoms with Crippen LogP contribution < -0.4 is 10.2 Å². The van der Waals surface area contributed by atoms with E-state index in [2.05, 4.69) is 33.2 Å². The van der Waals surface area contributed by atoms with Crippen LogP contribution in [0.4, 0.5) is 5.69 Å². The summed E-state index contributed by atoms with van der Waals surface area (Å²) < 4.78 is 6.18. The van der Waals surface area contributed by atoms with E-state index in [9.17, 15) is 5.26 Å². The Labute approximate surface area is 164 Å². The van der Waals surface area contributed by atoms with Gasteiger partial charge in [0.1, 0.15) is 17.1 Å². The van der Waals surface area contributed by atoms with Crippen LogP contribution in [0, 0.1) is 17.2 Å². The quantitative estimate of drug-likeness (QED) is 0.780. The summed E-state index contributed by atoms with van der Waals surface area (Å²) in [5, 5.41) is 12.8. The summed E-state index contributed by atoms with van der Waals surface area (Å²) in [5.41, 5.74) is 2.99. The van der Waals surface area contributed by atoms with Crippen LogP contribution in [-0.4, -0.2) is 53.6 Å². The van der Waals surface area contributed by atoms with E-state index in [0.29, 0.717) is 17.0 Å². The molecule has 0 radical (unpaired) electrons. The Morgan fingerprint density at radius 1 is 1.27 bits per heavy atom. The van der Waals surface area contributed by atoms with Crippen molar-refractivity contribution in [2.45, 2.75) is 24.4 Å². The topological polar surface area (TPSA) is 74.1 Å². The maximum Gasteiger partial charge on any atom is 0.113 e. The van der Waals surface area contributed by atoms with Crippen molar-refractivity contribution in [1.82, 2.24) is 15.3 Å². The van der Waals surface area contributed by atoms with Crippen LogP contribution in [0.3, 0.4) is 0 Å². The standard InChI is InChI=1S/C18H21N5OS.ClH/c1-11-9-23(10-15(24-11)18(25)13-7-20-8-13)14-3-2-12(6-19)16-17(14)22-5-4-21-16;/h2-5,11,13,15,18,20,25H,7-10H2,1H3;1H/t11-,15-,18?;/m1./s1. The van der Waals surface area contributed by atoms with Gasteiger partial charge in [0.15, 0.2) is 0 Å². The Balaban J connectivity index is 0.00000196. The van der Waals surface area contributed by atoms with E-state index >= 15 is 0 Å². The lowest BCUT2D eigenvalue weighted by Crippen LogP contribution is -2.56. The van der Waals surface area contributed by atoms with Gasteiger partial charge in [-0.05, 0) is 25.0 Å². The SMILES string of the molecule is C[C@@H]1CN(c2ccc(C#N)c3nccnc23)C[C@H](C(S)C2CNC2)O1.Cl. The number of aromatic nitrogens is 2. The van der Waals surface area contributed by atoms with Crippen LogP contribution in [-0.2, 0) is 4.74 Å². The average molecular weight is 392 g/mol. The fourth-order valence-electron chi connectivity index (χ4n) is 3.62. The highest BCUT2D eigenvalue weighted by Gasteiger charge is 2.36. The molecule has 4 rings (SSSR count). The van der Waals surface area contributed by atoms with Gasteiger partial charge in [0, 0.05) is 43.8 Å². The lowest BCUT2D eigenvalue weighted by Gasteiger charge is -2.44. The Morgan fingerprint density at radius 2 is 2.00 bits per heavy atom. The van der Waals surface area contributed by atoms with Crippen molar-refractivity contribution in [3.8, 4) is 6.07 Å². The minimum absolute atomic E-state index is 0. The molecular weight excluding hydrogens is 370 g/mol. The lowest BCUT2D eigenvalue weighted by atomic mass is 9.94. The van der Waals surface area contributed by atoms with Gasteiger partial charge in [-0.15, -0.1) is 12.4 Å². The van der Waals surface area contributed by atoms with Crippen molar-refractivity contribution in [2.24, 2.45) is 5.92 Å². The number of thiol groups is 1. The molecule has 2 aliphatic heterocycles. The molecule has 138 valence electrons. The molecule has 0 spiro atoms. The van der Waals surface area contributed by atoms with Crippen molar-refractivity contribution in [2.75, 3.05) is 31.1 Å². The van der Waals surface area contributed by atoms with Crippen LogP contribution in [0.15, 0.2) is 24.5 Å². The van der Waals surface area contributed by atoms with E-state index in [1.54, 1.807) is 12.4 Å². The third-order valence-corrected chi connectivity index (χ3v) is 5.78. The summed E-state index contributed by atoms with van der Waals surface area (Å²) >= 11 is 4.84. The van der Waals surface area contributed by atoms with Gasteiger partial charge >= 0.3 is 0 Å². The zero-order valence-electron chi connectivity index (χ0n) is 14.5. The lowest BCUT2D eigenvalue weighted by molar-refractivity contribution is -0.0263. The second-order valence-electron chi connectivity index (χ2n) is 6.80. The first-order valence-electron chi connectivity index (χ1n) is 8.60. The number of fused-ring (bicyclic) bond motifs is 1. The van der Waals surface area contributed by atoms with Crippen LogP contribution in [0.5, 0.6) is 0 Å². The number of nitrogens with zero attached hydrogens (tertiary/aromatic N) is 4. The number of hydrogen-bond donors (Lipinski definition) is 2. The third-order valence-electron chi connectivity index (χ3n) is 5.03. The summed E-state index contributed by atoms with van der Waals surface area (Å²) in [7, 11) is 0. The van der Waals surface area contributed by atoms with Gasteiger partial charge in [-0.3, -0.25) is 9.97 Å². The number of nitrogens with one attached hydrogen (secondary N) is 1. The number of rotatable bonds is 3. The van der Waals surface area contributed by atoms with Gasteiger partial charge in [-0.2, -0.15) is 17.9 Å². The Morgan fingerprint density at radius 3 is 2.65 bits per heavy atom. The number of benzene rings is 1. The highest BCUT2D eigenvalue weighted by atomic mass is 35.5. The highest BCUT2D eigenvalue weighted by molar-refractivity contribution is 7.81. The monoisotopic (exact) mass is 391 g/mol. The summed E-state index contributed by atoms with van der Waals surface area (Å²) in [6.07, 6.45) is 3.49. The predicted octanol–water partition coefficient (Wildman–Crippen LogP) is 2.03. The number of morpholine rings is 1. The smallest absolute Gasteiger partial charge is 0.113 e. The first-order chi connectivity index (χ1) is 12.2. The predicted molar refractivity (Wildman–Crippen MR) is 107 cm³/mol. The van der Waals surface area contributed by atoms with Crippen molar-refractivity contribution in [3.05, 3.63) is 30.1 Å². The van der Waals surface area contributed by atoms with Gasteiger partial charge < -0.3 is 15.0 Å². The van der Waals surface area contributed by atoms with Crippen LogP contribution in [0.25, 0.3) is 11.0 Å². The molecule has 3 heterocycles. The number of halogens is 1. The molecular formula is C18H22ClN5OS. The highest BCUT2D eigenvalue weighted by Crippen LogP contribution is 2.31. The number of hydrogen-bond acceptors (Lipinski definition) is 7. The maximum absolute atomic E-state index is 9.32. The molecule has 2 aliphatic rings. The van der Waals surface area contributed by atoms with E-state index in [4.69, 9.17) is 17.4 Å². The Kier molecular flexibility index (Phi) is 5.88. The molecule has 1 unspecified atom stereocenters. The fraction of sp³-hybridized carbons (Fsp3) is 0.500. The molecule has 0 bridgehead atoms. The molecule has 1 aromatic carbocycles. The Hall–Kier alpha value is -1.59. The van der Waals surface area contributed by atoms with Crippen LogP contribution in [0.1, 0.15) is 12.5 Å². The Bertz CT molecular complexity index is 825. The molecule has 2 fully saturated rings. The number of nitriles is 1. The van der Waals surface area contributed by atoms with Gasteiger partial charge in [0.25, 0.3) is 0 Å².